The lowest BCUT2D eigenvalue weighted by molar-refractivity contribution is 0.576. The fourth-order valence-corrected chi connectivity index (χ4v) is 2.78. The molecule has 2 rings (SSSR count). The van der Waals surface area contributed by atoms with Crippen molar-refractivity contribution in [3.8, 4) is 0 Å². The molecule has 0 aliphatic carbocycles. The predicted molar refractivity (Wildman–Crippen MR) is 78.7 cm³/mol. The minimum Gasteiger partial charge on any atom is -0.307 e. The van der Waals surface area contributed by atoms with Crippen LogP contribution < -0.4 is 5.32 Å². The van der Waals surface area contributed by atoms with Crippen molar-refractivity contribution >= 4 is 15.9 Å². The van der Waals surface area contributed by atoms with E-state index in [4.69, 9.17) is 0 Å². The van der Waals surface area contributed by atoms with Crippen LogP contribution in [0.3, 0.4) is 0 Å². The van der Waals surface area contributed by atoms with Crippen LogP contribution >= 0.6 is 15.9 Å². The highest BCUT2D eigenvalue weighted by atomic mass is 79.9. The molecule has 2 aromatic heterocycles. The number of nitrogens with one attached hydrogen (secondary N) is 1. The topological polar surface area (TPSA) is 47.7 Å². The average molecular weight is 326 g/mol. The van der Waals surface area contributed by atoms with Gasteiger partial charge in [-0.3, -0.25) is 9.36 Å². The Balaban J connectivity index is 2.00. The van der Waals surface area contributed by atoms with E-state index in [1.807, 2.05) is 24.1 Å². The monoisotopic (exact) mass is 325 g/mol. The van der Waals surface area contributed by atoms with Gasteiger partial charge in [-0.25, -0.2) is 0 Å². The first-order valence-electron chi connectivity index (χ1n) is 6.58. The molecule has 0 spiro atoms. The van der Waals surface area contributed by atoms with Crippen molar-refractivity contribution in [2.45, 2.75) is 39.9 Å². The number of nitrogens with zero attached hydrogens (tertiary/aromatic N) is 4. The summed E-state index contributed by atoms with van der Waals surface area (Å²) in [6.07, 6.45) is 4.86. The van der Waals surface area contributed by atoms with Gasteiger partial charge < -0.3 is 5.32 Å². The van der Waals surface area contributed by atoms with Crippen LogP contribution in [0.4, 0.5) is 0 Å². The SMILES string of the molecule is CCc1nn(CC)c(CNCc2cnn(C)c2)c1Br. The maximum atomic E-state index is 4.59. The van der Waals surface area contributed by atoms with E-state index >= 15 is 0 Å². The van der Waals surface area contributed by atoms with Gasteiger partial charge in [-0.15, -0.1) is 0 Å². The van der Waals surface area contributed by atoms with Crippen LogP contribution in [0.15, 0.2) is 16.9 Å². The van der Waals surface area contributed by atoms with E-state index in [0.29, 0.717) is 0 Å². The summed E-state index contributed by atoms with van der Waals surface area (Å²) in [5, 5.41) is 12.2. The summed E-state index contributed by atoms with van der Waals surface area (Å²) in [7, 11) is 1.93. The van der Waals surface area contributed by atoms with E-state index in [1.165, 1.54) is 11.3 Å². The lowest BCUT2D eigenvalue weighted by Gasteiger charge is -2.06. The van der Waals surface area contributed by atoms with Crippen LogP contribution in [0.1, 0.15) is 30.8 Å². The van der Waals surface area contributed by atoms with Crippen molar-refractivity contribution in [1.29, 1.82) is 0 Å². The maximum Gasteiger partial charge on any atom is 0.0767 e. The van der Waals surface area contributed by atoms with Gasteiger partial charge in [-0.05, 0) is 29.3 Å². The molecule has 2 aromatic rings. The van der Waals surface area contributed by atoms with Gasteiger partial charge in [0.15, 0.2) is 0 Å². The van der Waals surface area contributed by atoms with E-state index in [9.17, 15) is 0 Å². The van der Waals surface area contributed by atoms with Crippen molar-refractivity contribution in [3.63, 3.8) is 0 Å². The van der Waals surface area contributed by atoms with Crippen molar-refractivity contribution in [2.75, 3.05) is 0 Å². The Hall–Kier alpha value is -1.14. The Morgan fingerprint density at radius 3 is 2.68 bits per heavy atom. The third-order valence-electron chi connectivity index (χ3n) is 3.07. The number of hydrogen-bond donors (Lipinski definition) is 1. The van der Waals surface area contributed by atoms with Crippen molar-refractivity contribution < 1.29 is 0 Å². The van der Waals surface area contributed by atoms with Crippen LogP contribution in [0.25, 0.3) is 0 Å². The Bertz CT molecular complexity index is 543. The van der Waals surface area contributed by atoms with E-state index in [2.05, 4.69) is 50.0 Å². The minimum absolute atomic E-state index is 0.802. The molecule has 5 nitrogen and oxygen atoms in total. The zero-order valence-electron chi connectivity index (χ0n) is 11.6. The molecule has 0 amide bonds. The molecule has 104 valence electrons. The summed E-state index contributed by atoms with van der Waals surface area (Å²) in [4.78, 5) is 0. The van der Waals surface area contributed by atoms with Crippen LogP contribution in [0.5, 0.6) is 0 Å². The zero-order valence-corrected chi connectivity index (χ0v) is 13.2. The molecule has 0 aliphatic rings. The number of aryl methyl sites for hydroxylation is 3. The van der Waals surface area contributed by atoms with Crippen molar-refractivity contribution in [2.24, 2.45) is 7.05 Å². The highest BCUT2D eigenvalue weighted by molar-refractivity contribution is 9.10. The fraction of sp³-hybridized carbons (Fsp3) is 0.538. The van der Waals surface area contributed by atoms with Gasteiger partial charge in [-0.1, -0.05) is 6.92 Å². The predicted octanol–water partition coefficient (Wildman–Crippen LogP) is 2.25. The number of hydrogen-bond acceptors (Lipinski definition) is 3. The summed E-state index contributed by atoms with van der Waals surface area (Å²) < 4.78 is 5.01. The molecule has 0 saturated heterocycles. The molecule has 6 heteroatoms. The molecule has 0 aliphatic heterocycles. The number of aromatic nitrogens is 4. The van der Waals surface area contributed by atoms with Gasteiger partial charge in [0.2, 0.25) is 0 Å². The van der Waals surface area contributed by atoms with Crippen LogP contribution in [0.2, 0.25) is 0 Å². The molecule has 0 aromatic carbocycles. The summed E-state index contributed by atoms with van der Waals surface area (Å²) >= 11 is 3.65. The highest BCUT2D eigenvalue weighted by Crippen LogP contribution is 2.22. The second kappa shape index (κ2) is 6.34. The van der Waals surface area contributed by atoms with Crippen LogP contribution in [-0.2, 0) is 33.1 Å². The number of halogens is 1. The lowest BCUT2D eigenvalue weighted by atomic mass is 10.3. The van der Waals surface area contributed by atoms with Gasteiger partial charge in [0.1, 0.15) is 0 Å². The van der Waals surface area contributed by atoms with E-state index in [-0.39, 0.29) is 0 Å². The highest BCUT2D eigenvalue weighted by Gasteiger charge is 2.13. The fourth-order valence-electron chi connectivity index (χ4n) is 2.07. The minimum atomic E-state index is 0.802. The first kappa shape index (κ1) is 14.3. The van der Waals surface area contributed by atoms with Gasteiger partial charge in [-0.2, -0.15) is 10.2 Å². The molecule has 0 radical (unpaired) electrons. The molecule has 0 fully saturated rings. The summed E-state index contributed by atoms with van der Waals surface area (Å²) in [5.74, 6) is 0. The Labute approximate surface area is 122 Å². The Morgan fingerprint density at radius 2 is 2.11 bits per heavy atom. The smallest absolute Gasteiger partial charge is 0.0767 e. The lowest BCUT2D eigenvalue weighted by Crippen LogP contribution is -2.16. The average Bonchev–Trinajstić information content (AvgIpc) is 2.94. The van der Waals surface area contributed by atoms with Gasteiger partial charge >= 0.3 is 0 Å². The van der Waals surface area contributed by atoms with Gasteiger partial charge in [0, 0.05) is 38.4 Å². The summed E-state index contributed by atoms with van der Waals surface area (Å²) in [6.45, 7) is 6.75. The summed E-state index contributed by atoms with van der Waals surface area (Å²) in [5.41, 5.74) is 3.53. The molecule has 0 unspecified atom stereocenters. The molecular formula is C13H20BrN5. The Morgan fingerprint density at radius 1 is 1.32 bits per heavy atom. The molecule has 1 N–H and O–H groups in total. The third-order valence-corrected chi connectivity index (χ3v) is 3.99. The second-order valence-electron chi connectivity index (χ2n) is 4.50. The van der Waals surface area contributed by atoms with Gasteiger partial charge in [0.25, 0.3) is 0 Å². The zero-order chi connectivity index (χ0) is 13.8. The third kappa shape index (κ3) is 3.25. The molecule has 0 bridgehead atoms. The first-order valence-corrected chi connectivity index (χ1v) is 7.37. The quantitative estimate of drug-likeness (QED) is 0.886. The van der Waals surface area contributed by atoms with Crippen LogP contribution in [-0.4, -0.2) is 19.6 Å². The second-order valence-corrected chi connectivity index (χ2v) is 5.30. The van der Waals surface area contributed by atoms with Gasteiger partial charge in [0.05, 0.1) is 22.1 Å². The van der Waals surface area contributed by atoms with E-state index < -0.39 is 0 Å². The first-order chi connectivity index (χ1) is 9.15. The molecule has 0 atom stereocenters. The van der Waals surface area contributed by atoms with E-state index in [1.54, 1.807) is 0 Å². The summed E-state index contributed by atoms with van der Waals surface area (Å²) in [6, 6.07) is 0. The standard InChI is InChI=1S/C13H20BrN5/c1-4-11-13(14)12(19(5-2)17-11)8-15-6-10-7-16-18(3)9-10/h7,9,15H,4-6,8H2,1-3H3. The van der Waals surface area contributed by atoms with Crippen molar-refractivity contribution in [3.05, 3.63) is 33.8 Å². The normalized spacial score (nSPS) is 11.2. The van der Waals surface area contributed by atoms with Crippen LogP contribution in [0, 0.1) is 0 Å². The number of rotatable bonds is 6. The maximum absolute atomic E-state index is 4.59. The molecule has 0 saturated carbocycles. The molecule has 19 heavy (non-hydrogen) atoms. The molecule has 2 heterocycles. The van der Waals surface area contributed by atoms with E-state index in [0.717, 1.165) is 36.2 Å². The largest absolute Gasteiger partial charge is 0.307 e. The van der Waals surface area contributed by atoms with Crippen molar-refractivity contribution in [1.82, 2.24) is 24.9 Å². The Kier molecular flexibility index (Phi) is 4.76. The molecular weight excluding hydrogens is 306 g/mol.